The molecule has 2 aromatic rings. The van der Waals surface area contributed by atoms with Gasteiger partial charge in [-0.3, -0.25) is 9.69 Å². The van der Waals surface area contributed by atoms with Gasteiger partial charge >= 0.3 is 6.03 Å². The van der Waals surface area contributed by atoms with Crippen LogP contribution in [-0.4, -0.2) is 38.2 Å². The number of carbonyl (C=O) groups excluding carboxylic acids is 2. The molecule has 3 heterocycles. The highest BCUT2D eigenvalue weighted by Crippen LogP contribution is 2.31. The molecule has 1 unspecified atom stereocenters. The number of amides is 3. The van der Waals surface area contributed by atoms with E-state index in [0.29, 0.717) is 31.4 Å². The lowest BCUT2D eigenvalue weighted by Crippen LogP contribution is -2.41. The third-order valence-electron chi connectivity index (χ3n) is 5.50. The van der Waals surface area contributed by atoms with Crippen LogP contribution in [0, 0.1) is 0 Å². The van der Waals surface area contributed by atoms with Crippen molar-refractivity contribution in [2.75, 3.05) is 6.61 Å². The van der Waals surface area contributed by atoms with Crippen LogP contribution in [0.4, 0.5) is 4.79 Å². The van der Waals surface area contributed by atoms with E-state index in [1.54, 1.807) is 6.92 Å². The third kappa shape index (κ3) is 2.97. The SMILES string of the molecule is CC(C)(C)c1ccc(C2(C)NC(=O)N(Cc3nnc4n3CCOC4)C2=O)cc1. The molecule has 8 heteroatoms. The van der Waals surface area contributed by atoms with Crippen molar-refractivity contribution in [3.05, 3.63) is 47.0 Å². The van der Waals surface area contributed by atoms with Crippen molar-refractivity contribution < 1.29 is 14.3 Å². The zero-order chi connectivity index (χ0) is 20.1. The van der Waals surface area contributed by atoms with Gasteiger partial charge in [-0.05, 0) is 23.5 Å². The maximum absolute atomic E-state index is 13.2. The smallest absolute Gasteiger partial charge is 0.325 e. The van der Waals surface area contributed by atoms with Gasteiger partial charge in [-0.25, -0.2) is 4.79 Å². The Hall–Kier alpha value is -2.74. The molecule has 1 aromatic heterocycles. The first-order valence-electron chi connectivity index (χ1n) is 9.44. The fourth-order valence-corrected chi connectivity index (χ4v) is 3.65. The Morgan fingerprint density at radius 3 is 2.57 bits per heavy atom. The summed E-state index contributed by atoms with van der Waals surface area (Å²) in [6, 6.07) is 7.43. The highest BCUT2D eigenvalue weighted by molar-refractivity contribution is 6.07. The molecule has 148 valence electrons. The van der Waals surface area contributed by atoms with E-state index in [1.807, 2.05) is 28.8 Å². The lowest BCUT2D eigenvalue weighted by Gasteiger charge is -2.24. The van der Waals surface area contributed by atoms with Crippen molar-refractivity contribution in [3.63, 3.8) is 0 Å². The van der Waals surface area contributed by atoms with E-state index < -0.39 is 11.6 Å². The molecule has 2 aliphatic heterocycles. The van der Waals surface area contributed by atoms with Crippen molar-refractivity contribution in [2.24, 2.45) is 0 Å². The van der Waals surface area contributed by atoms with Crippen molar-refractivity contribution >= 4 is 11.9 Å². The summed E-state index contributed by atoms with van der Waals surface area (Å²) in [6.07, 6.45) is 0. The standard InChI is InChI=1S/C20H25N5O3/c1-19(2,3)13-5-7-14(8-6-13)20(4)17(26)25(18(27)21-20)11-15-22-23-16-12-28-10-9-24(15)16/h5-8H,9-12H2,1-4H3,(H,21,27). The summed E-state index contributed by atoms with van der Waals surface area (Å²) in [7, 11) is 0. The number of hydrogen-bond acceptors (Lipinski definition) is 5. The van der Waals surface area contributed by atoms with Gasteiger partial charge < -0.3 is 14.6 Å². The average molecular weight is 383 g/mol. The van der Waals surface area contributed by atoms with Gasteiger partial charge in [0.05, 0.1) is 13.2 Å². The van der Waals surface area contributed by atoms with Crippen LogP contribution in [0.3, 0.4) is 0 Å². The Labute approximate surface area is 163 Å². The van der Waals surface area contributed by atoms with E-state index in [1.165, 1.54) is 10.5 Å². The van der Waals surface area contributed by atoms with E-state index in [2.05, 4.69) is 36.3 Å². The molecule has 28 heavy (non-hydrogen) atoms. The molecule has 1 N–H and O–H groups in total. The lowest BCUT2D eigenvalue weighted by molar-refractivity contribution is -0.131. The summed E-state index contributed by atoms with van der Waals surface area (Å²) < 4.78 is 7.28. The fourth-order valence-electron chi connectivity index (χ4n) is 3.65. The van der Waals surface area contributed by atoms with E-state index in [4.69, 9.17) is 4.74 Å². The summed E-state index contributed by atoms with van der Waals surface area (Å²) in [4.78, 5) is 27.0. The number of benzene rings is 1. The van der Waals surface area contributed by atoms with Crippen molar-refractivity contribution in [2.45, 2.75) is 58.3 Å². The van der Waals surface area contributed by atoms with E-state index in [0.717, 1.165) is 5.56 Å². The number of aromatic nitrogens is 3. The Balaban J connectivity index is 1.59. The Morgan fingerprint density at radius 2 is 1.89 bits per heavy atom. The van der Waals surface area contributed by atoms with Gasteiger partial charge in [-0.15, -0.1) is 10.2 Å². The fraction of sp³-hybridized carbons (Fsp3) is 0.500. The van der Waals surface area contributed by atoms with Crippen LogP contribution in [0.1, 0.15) is 50.5 Å². The zero-order valence-electron chi connectivity index (χ0n) is 16.7. The van der Waals surface area contributed by atoms with Crippen LogP contribution in [0.5, 0.6) is 0 Å². The molecule has 3 amide bonds. The van der Waals surface area contributed by atoms with E-state index >= 15 is 0 Å². The first kappa shape index (κ1) is 18.6. The Kier molecular flexibility index (Phi) is 4.26. The van der Waals surface area contributed by atoms with Crippen molar-refractivity contribution in [1.29, 1.82) is 0 Å². The van der Waals surface area contributed by atoms with Gasteiger partial charge in [0, 0.05) is 6.54 Å². The minimum absolute atomic E-state index is 0.0187. The first-order chi connectivity index (χ1) is 13.2. The molecule has 0 saturated carbocycles. The van der Waals surface area contributed by atoms with Gasteiger partial charge in [0.1, 0.15) is 12.1 Å². The summed E-state index contributed by atoms with van der Waals surface area (Å²) in [5.41, 5.74) is 0.857. The molecule has 8 nitrogen and oxygen atoms in total. The Morgan fingerprint density at radius 1 is 1.18 bits per heavy atom. The van der Waals surface area contributed by atoms with Crippen molar-refractivity contribution in [1.82, 2.24) is 25.0 Å². The normalized spacial score (nSPS) is 22.4. The molecular weight excluding hydrogens is 358 g/mol. The number of imide groups is 1. The topological polar surface area (TPSA) is 89.3 Å². The predicted molar refractivity (Wildman–Crippen MR) is 101 cm³/mol. The third-order valence-corrected chi connectivity index (χ3v) is 5.50. The molecule has 0 aliphatic carbocycles. The number of nitrogens with one attached hydrogen (secondary N) is 1. The van der Waals surface area contributed by atoms with Crippen LogP contribution in [-0.2, 0) is 40.2 Å². The highest BCUT2D eigenvalue weighted by Gasteiger charge is 2.49. The van der Waals surface area contributed by atoms with Crippen LogP contribution in [0.15, 0.2) is 24.3 Å². The van der Waals surface area contributed by atoms with Gasteiger partial charge in [-0.2, -0.15) is 0 Å². The second-order valence-corrected chi connectivity index (χ2v) is 8.51. The number of urea groups is 1. The molecule has 0 bridgehead atoms. The minimum atomic E-state index is -1.10. The lowest BCUT2D eigenvalue weighted by atomic mass is 9.84. The second-order valence-electron chi connectivity index (χ2n) is 8.51. The molecule has 1 aromatic carbocycles. The molecule has 1 fully saturated rings. The summed E-state index contributed by atoms with van der Waals surface area (Å²) >= 11 is 0. The largest absolute Gasteiger partial charge is 0.372 e. The maximum atomic E-state index is 13.2. The predicted octanol–water partition coefficient (Wildman–Crippen LogP) is 2.07. The molecule has 2 aliphatic rings. The number of fused-ring (bicyclic) bond motifs is 1. The Bertz CT molecular complexity index is 928. The molecule has 1 saturated heterocycles. The van der Waals surface area contributed by atoms with Gasteiger partial charge in [-0.1, -0.05) is 45.0 Å². The van der Waals surface area contributed by atoms with Gasteiger partial charge in [0.15, 0.2) is 11.6 Å². The monoisotopic (exact) mass is 383 g/mol. The molecular formula is C20H25N5O3. The number of hydrogen-bond donors (Lipinski definition) is 1. The zero-order valence-corrected chi connectivity index (χ0v) is 16.7. The van der Waals surface area contributed by atoms with Crippen LogP contribution >= 0.6 is 0 Å². The molecule has 0 radical (unpaired) electrons. The number of ether oxygens (including phenoxy) is 1. The van der Waals surface area contributed by atoms with E-state index in [9.17, 15) is 9.59 Å². The van der Waals surface area contributed by atoms with Crippen LogP contribution < -0.4 is 5.32 Å². The summed E-state index contributed by atoms with van der Waals surface area (Å²) in [6.45, 7) is 9.82. The molecule has 1 atom stereocenters. The first-order valence-corrected chi connectivity index (χ1v) is 9.44. The minimum Gasteiger partial charge on any atom is -0.372 e. The number of rotatable bonds is 3. The average Bonchev–Trinajstić information content (AvgIpc) is 3.16. The molecule has 0 spiro atoms. The molecule has 4 rings (SSSR count). The van der Waals surface area contributed by atoms with Crippen LogP contribution in [0.25, 0.3) is 0 Å². The maximum Gasteiger partial charge on any atom is 0.325 e. The quantitative estimate of drug-likeness (QED) is 0.820. The highest BCUT2D eigenvalue weighted by atomic mass is 16.5. The summed E-state index contributed by atoms with van der Waals surface area (Å²) in [5.74, 6) is 1.02. The van der Waals surface area contributed by atoms with Gasteiger partial charge in [0.25, 0.3) is 5.91 Å². The van der Waals surface area contributed by atoms with Gasteiger partial charge in [0.2, 0.25) is 0 Å². The summed E-state index contributed by atoms with van der Waals surface area (Å²) in [5, 5.41) is 11.1. The second kappa shape index (κ2) is 6.41. The van der Waals surface area contributed by atoms with Crippen LogP contribution in [0.2, 0.25) is 0 Å². The van der Waals surface area contributed by atoms with E-state index in [-0.39, 0.29) is 17.9 Å². The number of nitrogens with zero attached hydrogens (tertiary/aromatic N) is 4. The number of carbonyl (C=O) groups is 2. The van der Waals surface area contributed by atoms with Crippen molar-refractivity contribution in [3.8, 4) is 0 Å².